The molecule has 392 valence electrons. The molecule has 6 heteroatoms. The number of rotatable bonds is 6. The third kappa shape index (κ3) is 7.28. The molecular formula is C78H48BCl2N3. The lowest BCUT2D eigenvalue weighted by molar-refractivity contribution is 1.26. The third-order valence-electron chi connectivity index (χ3n) is 17.6. The van der Waals surface area contributed by atoms with Crippen LogP contribution in [0.25, 0.3) is 104 Å². The molecule has 13 aromatic carbocycles. The summed E-state index contributed by atoms with van der Waals surface area (Å²) in [5, 5.41) is 10.6. The average molecular weight is 1110 g/mol. The molecule has 0 unspecified atom stereocenters. The summed E-state index contributed by atoms with van der Waals surface area (Å²) < 4.78 is 2.60. The van der Waals surface area contributed by atoms with Gasteiger partial charge in [-0.2, -0.15) is 0 Å². The van der Waals surface area contributed by atoms with Crippen molar-refractivity contribution in [2.75, 3.05) is 9.80 Å². The second kappa shape index (κ2) is 19.3. The van der Waals surface area contributed by atoms with Gasteiger partial charge in [0.2, 0.25) is 0 Å². The molecule has 3 nitrogen and oxygen atoms in total. The summed E-state index contributed by atoms with van der Waals surface area (Å²) in [7, 11) is 0. The van der Waals surface area contributed by atoms with Crippen molar-refractivity contribution in [1.29, 1.82) is 0 Å². The number of nitrogens with zero attached hydrogens (tertiary/aromatic N) is 3. The Bertz CT molecular complexity index is 5110. The average Bonchev–Trinajstić information content (AvgIpc) is 1.35. The molecule has 84 heavy (non-hydrogen) atoms. The molecule has 0 atom stereocenters. The molecule has 4 heterocycles. The minimum absolute atomic E-state index is 0.264. The highest BCUT2D eigenvalue weighted by atomic mass is 35.5. The molecule has 2 aromatic heterocycles. The lowest BCUT2D eigenvalue weighted by Crippen LogP contribution is -2.61. The van der Waals surface area contributed by atoms with E-state index in [9.17, 15) is 0 Å². The summed E-state index contributed by atoms with van der Waals surface area (Å²) >= 11 is 14.9. The lowest BCUT2D eigenvalue weighted by Gasteiger charge is -2.46. The largest absolute Gasteiger partial charge is 0.310 e. The van der Waals surface area contributed by atoms with Crippen LogP contribution < -0.4 is 26.2 Å². The smallest absolute Gasteiger partial charge is 0.252 e. The van der Waals surface area contributed by atoms with Crippen LogP contribution in [0.2, 0.25) is 10.0 Å². The molecule has 0 saturated heterocycles. The Balaban J connectivity index is 1.17. The number of anilines is 6. The molecule has 0 fully saturated rings. The van der Waals surface area contributed by atoms with E-state index in [1.54, 1.807) is 0 Å². The standard InChI is InChI=1S/C78H48BCl2N3/c80-53-42-44-66-69(46-53)83(75-55(49-22-5-1-6-23-49)35-19-36-56(75)50-24-7-2-8-25-50)72-48-71-73(65-40-21-39-64-62-33-16-14-31-60(62)59-30-13-15-32-61(59)63-34-17-18-41-68(63)82(71)77(64)65)78-74(72)79(66)67-45-43-54(81)47-70(67)84(78)76-57(51-26-9-3-10-27-51)37-20-38-58(76)52-28-11-4-12-29-52/h1-48H. The van der Waals surface area contributed by atoms with E-state index in [4.69, 9.17) is 23.2 Å². The fourth-order valence-corrected chi connectivity index (χ4v) is 14.6. The molecule has 0 bridgehead atoms. The molecule has 0 amide bonds. The number of fused-ring (bicyclic) bond motifs is 15. The number of para-hydroxylation sites is 4. The van der Waals surface area contributed by atoms with Crippen molar-refractivity contribution in [2.45, 2.75) is 0 Å². The zero-order valence-electron chi connectivity index (χ0n) is 45.4. The number of benzene rings is 13. The van der Waals surface area contributed by atoms with Gasteiger partial charge in [-0.05, 0) is 96.6 Å². The molecule has 0 aliphatic carbocycles. The molecule has 2 aliphatic rings. The van der Waals surface area contributed by atoms with Gasteiger partial charge in [0.1, 0.15) is 0 Å². The molecule has 0 spiro atoms. The van der Waals surface area contributed by atoms with Crippen LogP contribution in [0.4, 0.5) is 34.1 Å². The molecule has 17 rings (SSSR count). The number of halogens is 2. The highest BCUT2D eigenvalue weighted by Crippen LogP contribution is 2.56. The van der Waals surface area contributed by atoms with E-state index in [1.165, 1.54) is 27.0 Å². The van der Waals surface area contributed by atoms with E-state index in [1.807, 2.05) is 0 Å². The van der Waals surface area contributed by atoms with Gasteiger partial charge < -0.3 is 14.2 Å². The van der Waals surface area contributed by atoms with Gasteiger partial charge in [0.25, 0.3) is 6.71 Å². The van der Waals surface area contributed by atoms with Gasteiger partial charge in [-0.15, -0.1) is 0 Å². The summed E-state index contributed by atoms with van der Waals surface area (Å²) in [6, 6.07) is 107. The van der Waals surface area contributed by atoms with Crippen molar-refractivity contribution in [3.05, 3.63) is 301 Å². The van der Waals surface area contributed by atoms with Crippen LogP contribution in [0.15, 0.2) is 291 Å². The van der Waals surface area contributed by atoms with Crippen LogP contribution in [0.3, 0.4) is 0 Å². The maximum atomic E-state index is 7.49. The summed E-state index contributed by atoms with van der Waals surface area (Å²) in [6.45, 7) is -0.264. The SMILES string of the molecule is Clc1ccc2c(c1)N(c1c(-c3ccccc3)cccc1-c1ccccc1)c1cc3c(c4c1B2c1ccc(Cl)cc1N4c1c(-c2ccccc2)cccc1-c1ccccc1)c1cccc2c4ccccc4c4ccccc4c4ccccc4n3c21. The Hall–Kier alpha value is -10.1. The van der Waals surface area contributed by atoms with Crippen molar-refractivity contribution >= 4 is 140 Å². The van der Waals surface area contributed by atoms with Crippen LogP contribution in [0.5, 0.6) is 0 Å². The molecule has 0 radical (unpaired) electrons. The van der Waals surface area contributed by atoms with Gasteiger partial charge in [0.15, 0.2) is 0 Å². The minimum Gasteiger partial charge on any atom is -0.310 e. The first kappa shape index (κ1) is 48.6. The Morgan fingerprint density at radius 2 is 0.655 bits per heavy atom. The highest BCUT2D eigenvalue weighted by molar-refractivity contribution is 7.00. The first-order chi connectivity index (χ1) is 41.6. The topological polar surface area (TPSA) is 10.9 Å². The van der Waals surface area contributed by atoms with Crippen molar-refractivity contribution < 1.29 is 0 Å². The van der Waals surface area contributed by atoms with Gasteiger partial charge >= 0.3 is 0 Å². The normalized spacial score (nSPS) is 12.6. The van der Waals surface area contributed by atoms with Crippen LogP contribution in [-0.2, 0) is 0 Å². The first-order valence-electron chi connectivity index (χ1n) is 28.7. The summed E-state index contributed by atoms with van der Waals surface area (Å²) in [5.74, 6) is 0. The monoisotopic (exact) mass is 1110 g/mol. The zero-order valence-corrected chi connectivity index (χ0v) is 46.9. The third-order valence-corrected chi connectivity index (χ3v) is 18.1. The van der Waals surface area contributed by atoms with E-state index in [-0.39, 0.29) is 6.71 Å². The van der Waals surface area contributed by atoms with Crippen LogP contribution in [0.1, 0.15) is 0 Å². The van der Waals surface area contributed by atoms with E-state index in [0.29, 0.717) is 10.0 Å². The van der Waals surface area contributed by atoms with Crippen molar-refractivity contribution in [3.63, 3.8) is 0 Å². The first-order valence-corrected chi connectivity index (χ1v) is 29.4. The molecule has 15 aromatic rings. The second-order valence-corrected chi connectivity index (χ2v) is 22.9. The van der Waals surface area contributed by atoms with Crippen molar-refractivity contribution in [2.24, 2.45) is 0 Å². The van der Waals surface area contributed by atoms with E-state index >= 15 is 0 Å². The van der Waals surface area contributed by atoms with E-state index < -0.39 is 0 Å². The fraction of sp³-hybridized carbons (Fsp3) is 0. The molecule has 0 N–H and O–H groups in total. The predicted molar refractivity (Wildman–Crippen MR) is 360 cm³/mol. The van der Waals surface area contributed by atoms with Gasteiger partial charge in [-0.25, -0.2) is 0 Å². The van der Waals surface area contributed by atoms with Crippen LogP contribution >= 0.6 is 23.2 Å². The molecular weight excluding hydrogens is 1060 g/mol. The van der Waals surface area contributed by atoms with Crippen molar-refractivity contribution in [1.82, 2.24) is 4.40 Å². The van der Waals surface area contributed by atoms with Gasteiger partial charge in [-0.3, -0.25) is 0 Å². The fourth-order valence-electron chi connectivity index (χ4n) is 14.3. The zero-order chi connectivity index (χ0) is 55.6. The van der Waals surface area contributed by atoms with Gasteiger partial charge in [0, 0.05) is 70.9 Å². The summed E-state index contributed by atoms with van der Waals surface area (Å²) in [5.41, 5.74) is 21.9. The maximum absolute atomic E-state index is 7.49. The Morgan fingerprint density at radius 3 is 1.15 bits per heavy atom. The quantitative estimate of drug-likeness (QED) is 0.154. The van der Waals surface area contributed by atoms with Crippen molar-refractivity contribution in [3.8, 4) is 44.5 Å². The Morgan fingerprint density at radius 1 is 0.274 bits per heavy atom. The van der Waals surface area contributed by atoms with Gasteiger partial charge in [0.05, 0.1) is 33.6 Å². The minimum atomic E-state index is -0.264. The second-order valence-electron chi connectivity index (χ2n) is 22.1. The predicted octanol–water partition coefficient (Wildman–Crippen LogP) is 20.3. The van der Waals surface area contributed by atoms with Gasteiger partial charge in [-0.1, -0.05) is 278 Å². The highest BCUT2D eigenvalue weighted by Gasteiger charge is 2.46. The van der Waals surface area contributed by atoms with E-state index in [0.717, 1.165) is 128 Å². The molecule has 2 aliphatic heterocycles. The Labute approximate surface area is 496 Å². The number of hydrogen-bond acceptors (Lipinski definition) is 2. The van der Waals surface area contributed by atoms with Crippen LogP contribution in [0, 0.1) is 0 Å². The molecule has 0 saturated carbocycles. The summed E-state index contributed by atoms with van der Waals surface area (Å²) in [6.07, 6.45) is 0. The van der Waals surface area contributed by atoms with Crippen LogP contribution in [-0.4, -0.2) is 11.1 Å². The lowest BCUT2D eigenvalue weighted by atomic mass is 9.33. The number of hydrogen-bond donors (Lipinski definition) is 0. The number of aromatic nitrogens is 1. The maximum Gasteiger partial charge on any atom is 0.252 e. The Kier molecular flexibility index (Phi) is 11.1. The summed E-state index contributed by atoms with van der Waals surface area (Å²) in [4.78, 5) is 5.18. The van der Waals surface area contributed by atoms with E-state index in [2.05, 4.69) is 305 Å².